The number of benzene rings is 1. The predicted octanol–water partition coefficient (Wildman–Crippen LogP) is 2.39. The number of fused-ring (bicyclic) bond motifs is 1. The van der Waals surface area contributed by atoms with Gasteiger partial charge in [0.15, 0.2) is 17.4 Å². The van der Waals surface area contributed by atoms with E-state index in [1.807, 2.05) is 0 Å². The first-order valence-corrected chi connectivity index (χ1v) is 5.80. The molecule has 1 saturated carbocycles. The second-order valence-corrected chi connectivity index (χ2v) is 4.75. The van der Waals surface area contributed by atoms with Gasteiger partial charge in [-0.05, 0) is 6.07 Å². The number of carboxylic acid groups (broad SMARTS) is 1. The van der Waals surface area contributed by atoms with Gasteiger partial charge >= 0.3 is 5.97 Å². The molecule has 1 aromatic carbocycles. The summed E-state index contributed by atoms with van der Waals surface area (Å²) in [7, 11) is 0. The van der Waals surface area contributed by atoms with Crippen LogP contribution >= 0.6 is 0 Å². The topological polar surface area (TPSA) is 59.3 Å². The van der Waals surface area contributed by atoms with Crippen molar-refractivity contribution in [2.75, 3.05) is 0 Å². The van der Waals surface area contributed by atoms with E-state index >= 15 is 0 Å². The molecule has 2 aromatic rings. The molecule has 1 aliphatic carbocycles. The van der Waals surface area contributed by atoms with Gasteiger partial charge in [-0.15, -0.1) is 0 Å². The summed E-state index contributed by atoms with van der Waals surface area (Å²) in [6, 6.07) is 1.30. The molecular weight excluding hydrogens is 275 g/mol. The summed E-state index contributed by atoms with van der Waals surface area (Å²) in [4.78, 5) is 22.9. The van der Waals surface area contributed by atoms with Crippen LogP contribution in [0, 0.1) is 11.6 Å². The molecule has 1 fully saturated rings. The van der Waals surface area contributed by atoms with Crippen LogP contribution in [0.4, 0.5) is 13.2 Å². The van der Waals surface area contributed by atoms with E-state index in [4.69, 9.17) is 5.11 Å². The summed E-state index contributed by atoms with van der Waals surface area (Å²) in [6.45, 7) is 0. The molecule has 0 saturated heterocycles. The molecule has 1 aromatic heterocycles. The second-order valence-electron chi connectivity index (χ2n) is 4.75. The lowest BCUT2D eigenvalue weighted by atomic mass is 10.1. The van der Waals surface area contributed by atoms with Crippen molar-refractivity contribution in [3.05, 3.63) is 45.8 Å². The lowest BCUT2D eigenvalue weighted by molar-refractivity contribution is 0.0694. The van der Waals surface area contributed by atoms with Crippen LogP contribution in [0.3, 0.4) is 0 Å². The molecule has 1 heterocycles. The molecule has 0 spiro atoms. The van der Waals surface area contributed by atoms with Crippen LogP contribution < -0.4 is 5.43 Å². The van der Waals surface area contributed by atoms with Crippen LogP contribution in [0.1, 0.15) is 23.2 Å². The number of carboxylic acids is 1. The largest absolute Gasteiger partial charge is 0.477 e. The predicted molar refractivity (Wildman–Crippen MR) is 63.4 cm³/mol. The molecule has 20 heavy (non-hydrogen) atoms. The van der Waals surface area contributed by atoms with E-state index in [9.17, 15) is 22.8 Å². The zero-order valence-electron chi connectivity index (χ0n) is 9.99. The Morgan fingerprint density at radius 2 is 1.85 bits per heavy atom. The van der Waals surface area contributed by atoms with Gasteiger partial charge in [0.1, 0.15) is 5.56 Å². The molecule has 7 heteroatoms. The average molecular weight is 283 g/mol. The Bertz CT molecular complexity index is 809. The van der Waals surface area contributed by atoms with Crippen molar-refractivity contribution in [1.29, 1.82) is 0 Å². The van der Waals surface area contributed by atoms with E-state index in [2.05, 4.69) is 0 Å². The Morgan fingerprint density at radius 3 is 2.40 bits per heavy atom. The Hall–Kier alpha value is -2.31. The van der Waals surface area contributed by atoms with Crippen molar-refractivity contribution < 1.29 is 23.1 Å². The van der Waals surface area contributed by atoms with Crippen molar-refractivity contribution in [1.82, 2.24) is 4.57 Å². The number of halogens is 3. The summed E-state index contributed by atoms with van der Waals surface area (Å²) in [5.74, 6) is -5.90. The first kappa shape index (κ1) is 12.7. The molecule has 3 rings (SSSR count). The maximum atomic E-state index is 14.2. The zero-order chi connectivity index (χ0) is 14.7. The normalized spacial score (nSPS) is 16.4. The quantitative estimate of drug-likeness (QED) is 0.920. The van der Waals surface area contributed by atoms with Crippen molar-refractivity contribution in [3.8, 4) is 0 Å². The van der Waals surface area contributed by atoms with Crippen LogP contribution in [0.5, 0.6) is 0 Å². The molecule has 0 unspecified atom stereocenters. The smallest absolute Gasteiger partial charge is 0.341 e. The van der Waals surface area contributed by atoms with E-state index in [1.54, 1.807) is 0 Å². The van der Waals surface area contributed by atoms with Gasteiger partial charge < -0.3 is 9.67 Å². The standard InChI is InChI=1S/C13H8F3NO3/c14-8-3-6-10(4-9(8)15)17(13(16)1-2-13)5-7(11(6)18)12(19)20/h3-5H,1-2H2,(H,19,20). The number of carbonyl (C=O) groups is 1. The number of hydrogen-bond acceptors (Lipinski definition) is 2. The second kappa shape index (κ2) is 3.84. The SMILES string of the molecule is O=C(O)c1cn(C2(F)CC2)c2cc(F)c(F)cc2c1=O. The van der Waals surface area contributed by atoms with Gasteiger partial charge in [-0.2, -0.15) is 0 Å². The van der Waals surface area contributed by atoms with Crippen LogP contribution in [-0.4, -0.2) is 15.6 Å². The van der Waals surface area contributed by atoms with Crippen LogP contribution in [0.15, 0.2) is 23.1 Å². The highest BCUT2D eigenvalue weighted by atomic mass is 19.2. The molecule has 1 N–H and O–H groups in total. The number of aromatic carboxylic acids is 1. The molecule has 4 nitrogen and oxygen atoms in total. The van der Waals surface area contributed by atoms with E-state index in [1.165, 1.54) is 0 Å². The molecule has 0 amide bonds. The van der Waals surface area contributed by atoms with Crippen molar-refractivity contribution in [2.45, 2.75) is 18.6 Å². The Kier molecular flexibility index (Phi) is 2.44. The van der Waals surface area contributed by atoms with Crippen molar-refractivity contribution in [2.24, 2.45) is 0 Å². The number of hydrogen-bond donors (Lipinski definition) is 1. The third-order valence-corrected chi connectivity index (χ3v) is 3.37. The summed E-state index contributed by atoms with van der Waals surface area (Å²) < 4.78 is 41.7. The van der Waals surface area contributed by atoms with Crippen LogP contribution in [0.25, 0.3) is 10.9 Å². The fraction of sp³-hybridized carbons (Fsp3) is 0.231. The number of nitrogens with zero attached hydrogens (tertiary/aromatic N) is 1. The first-order chi connectivity index (χ1) is 9.33. The summed E-state index contributed by atoms with van der Waals surface area (Å²) in [6.07, 6.45) is 1.10. The third-order valence-electron chi connectivity index (χ3n) is 3.37. The minimum Gasteiger partial charge on any atom is -0.477 e. The number of rotatable bonds is 2. The summed E-state index contributed by atoms with van der Waals surface area (Å²) in [5.41, 5.74) is -1.79. The van der Waals surface area contributed by atoms with Gasteiger partial charge in [0.05, 0.1) is 5.52 Å². The van der Waals surface area contributed by atoms with E-state index in [0.29, 0.717) is 12.1 Å². The molecular formula is C13H8F3NO3. The van der Waals surface area contributed by atoms with Gasteiger partial charge in [0.25, 0.3) is 0 Å². The molecule has 0 radical (unpaired) electrons. The van der Waals surface area contributed by atoms with Crippen molar-refractivity contribution >= 4 is 16.9 Å². The summed E-state index contributed by atoms with van der Waals surface area (Å²) >= 11 is 0. The Balaban J connectivity index is 2.48. The highest BCUT2D eigenvalue weighted by Gasteiger charge is 2.46. The number of pyridine rings is 1. The highest BCUT2D eigenvalue weighted by Crippen LogP contribution is 2.46. The summed E-state index contributed by atoms with van der Waals surface area (Å²) in [5, 5.41) is 8.60. The van der Waals surface area contributed by atoms with Gasteiger partial charge in [-0.25, -0.2) is 18.0 Å². The van der Waals surface area contributed by atoms with Crippen LogP contribution in [0.2, 0.25) is 0 Å². The van der Waals surface area contributed by atoms with E-state index < -0.39 is 34.4 Å². The number of aromatic nitrogens is 1. The Morgan fingerprint density at radius 1 is 1.25 bits per heavy atom. The first-order valence-electron chi connectivity index (χ1n) is 5.80. The molecule has 1 aliphatic rings. The minimum atomic E-state index is -1.85. The zero-order valence-corrected chi connectivity index (χ0v) is 9.99. The maximum absolute atomic E-state index is 14.2. The van der Waals surface area contributed by atoms with Gasteiger partial charge in [-0.1, -0.05) is 0 Å². The third kappa shape index (κ3) is 1.70. The average Bonchev–Trinajstić information content (AvgIpc) is 3.11. The van der Waals surface area contributed by atoms with Gasteiger partial charge in [0.2, 0.25) is 5.43 Å². The molecule has 0 atom stereocenters. The van der Waals surface area contributed by atoms with Gasteiger partial charge in [0, 0.05) is 30.5 Å². The molecule has 0 aliphatic heterocycles. The molecule has 0 bridgehead atoms. The fourth-order valence-corrected chi connectivity index (χ4v) is 2.15. The van der Waals surface area contributed by atoms with E-state index in [0.717, 1.165) is 10.8 Å². The van der Waals surface area contributed by atoms with Gasteiger partial charge in [-0.3, -0.25) is 4.79 Å². The fourth-order valence-electron chi connectivity index (χ4n) is 2.15. The lowest BCUT2D eigenvalue weighted by Crippen LogP contribution is -2.23. The minimum absolute atomic E-state index is 0.128. The Labute approximate surface area is 110 Å². The van der Waals surface area contributed by atoms with Crippen molar-refractivity contribution in [3.63, 3.8) is 0 Å². The monoisotopic (exact) mass is 283 g/mol. The maximum Gasteiger partial charge on any atom is 0.341 e. The number of alkyl halides is 1. The highest BCUT2D eigenvalue weighted by molar-refractivity contribution is 5.92. The molecule has 104 valence electrons. The van der Waals surface area contributed by atoms with Crippen LogP contribution in [-0.2, 0) is 5.79 Å². The lowest BCUT2D eigenvalue weighted by Gasteiger charge is -2.15. The van der Waals surface area contributed by atoms with E-state index in [-0.39, 0.29) is 23.7 Å².